The fourth-order valence-corrected chi connectivity index (χ4v) is 1.57. The molecule has 2 atom stereocenters. The van der Waals surface area contributed by atoms with Crippen LogP contribution >= 0.6 is 0 Å². The molecule has 0 aromatic heterocycles. The lowest BCUT2D eigenvalue weighted by Gasteiger charge is -2.19. The monoisotopic (exact) mass is 233 g/mol. The normalized spacial score (nSPS) is 15.6. The molecule has 0 saturated heterocycles. The van der Waals surface area contributed by atoms with E-state index in [4.69, 9.17) is 5.11 Å². The summed E-state index contributed by atoms with van der Waals surface area (Å²) in [5.41, 5.74) is 2.53. The van der Waals surface area contributed by atoms with E-state index in [0.29, 0.717) is 12.0 Å². The zero-order valence-corrected chi connectivity index (χ0v) is 11.0. The zero-order chi connectivity index (χ0) is 12.7. The third-order valence-electron chi connectivity index (χ3n) is 3.06. The van der Waals surface area contributed by atoms with E-state index >= 15 is 0 Å². The molecule has 17 heavy (non-hydrogen) atoms. The summed E-state index contributed by atoms with van der Waals surface area (Å²) in [5.74, 6) is 0.291. The van der Waals surface area contributed by atoms with Gasteiger partial charge in [0.25, 0.3) is 0 Å². The lowest BCUT2D eigenvalue weighted by molar-refractivity contribution is 0.209. The Morgan fingerprint density at radius 1 is 1.29 bits per heavy atom. The van der Waals surface area contributed by atoms with Gasteiger partial charge in [-0.25, -0.2) is 0 Å². The van der Waals surface area contributed by atoms with Gasteiger partial charge in [0, 0.05) is 19.2 Å². The van der Waals surface area contributed by atoms with E-state index in [-0.39, 0.29) is 6.61 Å². The van der Waals surface area contributed by atoms with Crippen molar-refractivity contribution in [3.8, 4) is 0 Å². The van der Waals surface area contributed by atoms with Crippen molar-refractivity contribution in [2.45, 2.75) is 26.8 Å². The van der Waals surface area contributed by atoms with Crippen LogP contribution in [-0.4, -0.2) is 24.3 Å². The highest BCUT2D eigenvalue weighted by molar-refractivity contribution is 5.52. The van der Waals surface area contributed by atoms with Crippen LogP contribution in [0.15, 0.2) is 35.9 Å². The molecule has 0 saturated carbocycles. The minimum atomic E-state index is 0.232. The summed E-state index contributed by atoms with van der Waals surface area (Å²) >= 11 is 0. The van der Waals surface area contributed by atoms with Crippen LogP contribution in [0.5, 0.6) is 0 Å². The summed E-state index contributed by atoms with van der Waals surface area (Å²) in [4.78, 5) is 0. The van der Waals surface area contributed by atoms with Crippen molar-refractivity contribution in [2.24, 2.45) is 5.92 Å². The number of hydrogen-bond acceptors (Lipinski definition) is 2. The van der Waals surface area contributed by atoms with Crippen molar-refractivity contribution in [1.29, 1.82) is 0 Å². The minimum Gasteiger partial charge on any atom is -0.396 e. The molecule has 1 aromatic rings. The summed E-state index contributed by atoms with van der Waals surface area (Å²) in [6.45, 7) is 7.37. The quantitative estimate of drug-likeness (QED) is 0.792. The molecule has 0 aliphatic heterocycles. The van der Waals surface area contributed by atoms with Gasteiger partial charge in [0.2, 0.25) is 0 Å². The van der Waals surface area contributed by atoms with Gasteiger partial charge in [-0.05, 0) is 25.3 Å². The predicted octanol–water partition coefficient (Wildman–Crippen LogP) is 2.70. The van der Waals surface area contributed by atoms with Crippen LogP contribution in [0.1, 0.15) is 26.3 Å². The van der Waals surface area contributed by atoms with E-state index in [1.165, 1.54) is 11.1 Å². The van der Waals surface area contributed by atoms with Gasteiger partial charge in [-0.15, -0.1) is 0 Å². The van der Waals surface area contributed by atoms with E-state index in [1.807, 2.05) is 25.1 Å². The van der Waals surface area contributed by atoms with Gasteiger partial charge >= 0.3 is 0 Å². The maximum Gasteiger partial charge on any atom is 0.0471 e. The number of aliphatic hydroxyl groups is 1. The molecule has 0 amide bonds. The average Bonchev–Trinajstić information content (AvgIpc) is 2.36. The fourth-order valence-electron chi connectivity index (χ4n) is 1.57. The number of rotatable bonds is 6. The van der Waals surface area contributed by atoms with Gasteiger partial charge in [-0.3, -0.25) is 0 Å². The zero-order valence-electron chi connectivity index (χ0n) is 11.0. The topological polar surface area (TPSA) is 32.3 Å². The Morgan fingerprint density at radius 3 is 2.53 bits per heavy atom. The first-order chi connectivity index (χ1) is 8.13. The summed E-state index contributed by atoms with van der Waals surface area (Å²) in [6.07, 6.45) is 2.18. The standard InChI is InChI=1S/C15H23NO/c1-12(9-15-7-5-4-6-8-15)10-16-14(3)13(2)11-17/h4-9,13-14,16-17H,10-11H2,1-3H3/b12-9+. The van der Waals surface area contributed by atoms with E-state index in [1.54, 1.807) is 0 Å². The summed E-state index contributed by atoms with van der Waals surface area (Å²) in [6, 6.07) is 10.6. The highest BCUT2D eigenvalue weighted by Gasteiger charge is 2.09. The lowest BCUT2D eigenvalue weighted by Crippen LogP contribution is -2.34. The first kappa shape index (κ1) is 13.9. The summed E-state index contributed by atoms with van der Waals surface area (Å²) in [5, 5.41) is 12.5. The fraction of sp³-hybridized carbons (Fsp3) is 0.467. The van der Waals surface area contributed by atoms with Gasteiger partial charge < -0.3 is 10.4 Å². The Balaban J connectivity index is 2.44. The van der Waals surface area contributed by atoms with Crippen LogP contribution in [-0.2, 0) is 0 Å². The lowest BCUT2D eigenvalue weighted by atomic mass is 10.0. The molecule has 2 nitrogen and oxygen atoms in total. The van der Waals surface area contributed by atoms with Crippen molar-refractivity contribution in [2.75, 3.05) is 13.2 Å². The Hall–Kier alpha value is -1.12. The maximum atomic E-state index is 9.05. The summed E-state index contributed by atoms with van der Waals surface area (Å²) < 4.78 is 0. The van der Waals surface area contributed by atoms with Crippen LogP contribution in [0.3, 0.4) is 0 Å². The van der Waals surface area contributed by atoms with E-state index in [9.17, 15) is 0 Å². The van der Waals surface area contributed by atoms with Crippen molar-refractivity contribution < 1.29 is 5.11 Å². The number of aliphatic hydroxyl groups excluding tert-OH is 1. The van der Waals surface area contributed by atoms with Gasteiger partial charge in [-0.2, -0.15) is 0 Å². The molecule has 1 rings (SSSR count). The third kappa shape index (κ3) is 5.16. The molecule has 0 bridgehead atoms. The maximum absolute atomic E-state index is 9.05. The second-order valence-electron chi connectivity index (χ2n) is 4.73. The highest BCUT2D eigenvalue weighted by atomic mass is 16.3. The van der Waals surface area contributed by atoms with Crippen LogP contribution < -0.4 is 5.32 Å². The number of nitrogens with one attached hydrogen (secondary N) is 1. The van der Waals surface area contributed by atoms with Crippen molar-refractivity contribution in [1.82, 2.24) is 5.32 Å². The highest BCUT2D eigenvalue weighted by Crippen LogP contribution is 2.06. The molecule has 0 spiro atoms. The Bertz CT molecular complexity index is 345. The second-order valence-corrected chi connectivity index (χ2v) is 4.73. The molecule has 0 radical (unpaired) electrons. The van der Waals surface area contributed by atoms with Crippen molar-refractivity contribution in [3.63, 3.8) is 0 Å². The van der Waals surface area contributed by atoms with Gasteiger partial charge in [0.1, 0.15) is 0 Å². The average molecular weight is 233 g/mol. The summed E-state index contributed by atoms with van der Waals surface area (Å²) in [7, 11) is 0. The molecule has 1 aromatic carbocycles. The van der Waals surface area contributed by atoms with Gasteiger partial charge in [0.15, 0.2) is 0 Å². The van der Waals surface area contributed by atoms with Crippen LogP contribution in [0, 0.1) is 5.92 Å². The largest absolute Gasteiger partial charge is 0.396 e. The molecule has 2 heteroatoms. The predicted molar refractivity (Wildman–Crippen MR) is 73.8 cm³/mol. The second kappa shape index (κ2) is 7.25. The Morgan fingerprint density at radius 2 is 1.94 bits per heavy atom. The molecule has 2 N–H and O–H groups in total. The third-order valence-corrected chi connectivity index (χ3v) is 3.06. The van der Waals surface area contributed by atoms with Gasteiger partial charge in [-0.1, -0.05) is 48.9 Å². The van der Waals surface area contributed by atoms with E-state index in [2.05, 4.69) is 37.4 Å². The molecule has 0 aliphatic rings. The molecule has 2 unspecified atom stereocenters. The van der Waals surface area contributed by atoms with Crippen molar-refractivity contribution >= 4 is 6.08 Å². The van der Waals surface area contributed by atoms with Crippen LogP contribution in [0.25, 0.3) is 6.08 Å². The van der Waals surface area contributed by atoms with Crippen molar-refractivity contribution in [3.05, 3.63) is 41.5 Å². The smallest absolute Gasteiger partial charge is 0.0471 e. The first-order valence-corrected chi connectivity index (χ1v) is 6.20. The van der Waals surface area contributed by atoms with E-state index < -0.39 is 0 Å². The number of benzene rings is 1. The van der Waals surface area contributed by atoms with Crippen LogP contribution in [0.4, 0.5) is 0 Å². The minimum absolute atomic E-state index is 0.232. The molecular weight excluding hydrogens is 210 g/mol. The Labute approximate surface area is 104 Å². The van der Waals surface area contributed by atoms with Gasteiger partial charge in [0.05, 0.1) is 0 Å². The molecular formula is C15H23NO. The first-order valence-electron chi connectivity index (χ1n) is 6.20. The SMILES string of the molecule is C/C(=C\c1ccccc1)CNC(C)C(C)CO. The Kier molecular flexibility index (Phi) is 5.95. The number of hydrogen-bond donors (Lipinski definition) is 2. The van der Waals surface area contributed by atoms with E-state index in [0.717, 1.165) is 6.54 Å². The molecule has 0 aliphatic carbocycles. The molecule has 0 heterocycles. The molecule has 0 fully saturated rings. The van der Waals surface area contributed by atoms with Crippen LogP contribution in [0.2, 0.25) is 0 Å². The molecule has 94 valence electrons.